The van der Waals surface area contributed by atoms with Crippen molar-refractivity contribution in [3.05, 3.63) is 29.3 Å². The van der Waals surface area contributed by atoms with Gasteiger partial charge in [-0.25, -0.2) is 0 Å². The van der Waals surface area contributed by atoms with Crippen LogP contribution in [0.3, 0.4) is 0 Å². The third-order valence-electron chi connectivity index (χ3n) is 2.86. The predicted octanol–water partition coefficient (Wildman–Crippen LogP) is 1.55. The van der Waals surface area contributed by atoms with E-state index >= 15 is 0 Å². The van der Waals surface area contributed by atoms with Crippen molar-refractivity contribution in [1.29, 1.82) is 0 Å². The molecule has 20 heavy (non-hydrogen) atoms. The molecule has 0 aliphatic rings. The topological polar surface area (TPSA) is 73.6 Å². The maximum absolute atomic E-state index is 11.6. The Bertz CT molecular complexity index is 433. The molecule has 1 amide bonds. The number of hydrogen-bond donors (Lipinski definition) is 2. The normalized spacial score (nSPS) is 12.0. The first-order chi connectivity index (χ1) is 9.54. The lowest BCUT2D eigenvalue weighted by Gasteiger charge is -2.14. The second-order valence-corrected chi connectivity index (χ2v) is 4.81. The fraction of sp³-hybridized carbons (Fsp3) is 0.533. The Morgan fingerprint density at radius 3 is 2.85 bits per heavy atom. The van der Waals surface area contributed by atoms with Crippen LogP contribution in [-0.4, -0.2) is 32.8 Å². The number of nitrogens with one attached hydrogen (secondary N) is 1. The molecule has 1 aromatic rings. The Hall–Kier alpha value is -1.59. The predicted molar refractivity (Wildman–Crippen MR) is 78.8 cm³/mol. The van der Waals surface area contributed by atoms with Gasteiger partial charge in [-0.1, -0.05) is 17.7 Å². The number of rotatable bonds is 8. The molecule has 0 fully saturated rings. The van der Waals surface area contributed by atoms with E-state index in [2.05, 4.69) is 5.32 Å². The monoisotopic (exact) mass is 280 g/mol. The van der Waals surface area contributed by atoms with Crippen LogP contribution < -0.4 is 15.8 Å². The number of amides is 1. The summed E-state index contributed by atoms with van der Waals surface area (Å²) in [5.41, 5.74) is 7.94. The van der Waals surface area contributed by atoms with Crippen molar-refractivity contribution in [3.8, 4) is 5.75 Å². The highest BCUT2D eigenvalue weighted by Gasteiger charge is 2.10. The SMILES string of the molecule is COCCCNC(=O)COc1ccc(C)cc1C(C)N. The third kappa shape index (κ3) is 5.59. The van der Waals surface area contributed by atoms with E-state index in [1.165, 1.54) is 0 Å². The number of hydrogen-bond acceptors (Lipinski definition) is 4. The van der Waals surface area contributed by atoms with Gasteiger partial charge in [0.1, 0.15) is 5.75 Å². The summed E-state index contributed by atoms with van der Waals surface area (Å²) < 4.78 is 10.5. The first-order valence-corrected chi connectivity index (χ1v) is 6.79. The molecule has 0 bridgehead atoms. The Kier molecular flexibility index (Phi) is 7.04. The summed E-state index contributed by atoms with van der Waals surface area (Å²) in [6.07, 6.45) is 0.790. The lowest BCUT2D eigenvalue weighted by atomic mass is 10.1. The summed E-state index contributed by atoms with van der Waals surface area (Å²) in [4.78, 5) is 11.6. The molecule has 1 rings (SSSR count). The number of aryl methyl sites for hydroxylation is 1. The molecule has 5 heteroatoms. The number of methoxy groups -OCH3 is 1. The van der Waals surface area contributed by atoms with Crippen molar-refractivity contribution in [2.45, 2.75) is 26.3 Å². The standard InChI is InChI=1S/C15H24N2O3/c1-11-5-6-14(13(9-11)12(2)16)20-10-15(18)17-7-4-8-19-3/h5-6,9,12H,4,7-8,10,16H2,1-3H3,(H,17,18). The van der Waals surface area contributed by atoms with E-state index in [0.29, 0.717) is 18.9 Å². The fourth-order valence-electron chi connectivity index (χ4n) is 1.79. The van der Waals surface area contributed by atoms with Crippen molar-refractivity contribution in [2.75, 3.05) is 26.9 Å². The Morgan fingerprint density at radius 2 is 2.20 bits per heavy atom. The van der Waals surface area contributed by atoms with Gasteiger partial charge in [0, 0.05) is 31.9 Å². The van der Waals surface area contributed by atoms with Crippen LogP contribution in [0.25, 0.3) is 0 Å². The van der Waals surface area contributed by atoms with Crippen LogP contribution in [0.4, 0.5) is 0 Å². The van der Waals surface area contributed by atoms with Gasteiger partial charge in [-0.05, 0) is 26.3 Å². The van der Waals surface area contributed by atoms with Gasteiger partial charge in [-0.2, -0.15) is 0 Å². The molecular formula is C15H24N2O3. The second kappa shape index (κ2) is 8.55. The second-order valence-electron chi connectivity index (χ2n) is 4.81. The Morgan fingerprint density at radius 1 is 1.45 bits per heavy atom. The van der Waals surface area contributed by atoms with Crippen molar-refractivity contribution in [2.24, 2.45) is 5.73 Å². The Balaban J connectivity index is 2.47. The molecule has 0 aliphatic carbocycles. The molecule has 0 aromatic heterocycles. The number of carbonyl (C=O) groups excluding carboxylic acids is 1. The zero-order chi connectivity index (χ0) is 15.0. The van der Waals surface area contributed by atoms with Crippen LogP contribution in [0.5, 0.6) is 5.75 Å². The summed E-state index contributed by atoms with van der Waals surface area (Å²) in [7, 11) is 1.64. The van der Waals surface area contributed by atoms with Crippen molar-refractivity contribution >= 4 is 5.91 Å². The zero-order valence-electron chi connectivity index (χ0n) is 12.4. The molecule has 0 saturated carbocycles. The average Bonchev–Trinajstić information content (AvgIpc) is 2.42. The van der Waals surface area contributed by atoms with Crippen LogP contribution in [0.1, 0.15) is 30.5 Å². The highest BCUT2D eigenvalue weighted by molar-refractivity contribution is 5.77. The van der Waals surface area contributed by atoms with Gasteiger partial charge in [0.2, 0.25) is 0 Å². The van der Waals surface area contributed by atoms with Gasteiger partial charge in [0.25, 0.3) is 5.91 Å². The van der Waals surface area contributed by atoms with E-state index in [4.69, 9.17) is 15.2 Å². The number of nitrogens with two attached hydrogens (primary N) is 1. The molecule has 1 unspecified atom stereocenters. The van der Waals surface area contributed by atoms with Crippen molar-refractivity contribution < 1.29 is 14.3 Å². The van der Waals surface area contributed by atoms with Gasteiger partial charge in [-0.3, -0.25) is 4.79 Å². The molecule has 0 spiro atoms. The highest BCUT2D eigenvalue weighted by atomic mass is 16.5. The lowest BCUT2D eigenvalue weighted by molar-refractivity contribution is -0.123. The van der Waals surface area contributed by atoms with Gasteiger partial charge in [-0.15, -0.1) is 0 Å². The molecule has 1 aromatic carbocycles. The highest BCUT2D eigenvalue weighted by Crippen LogP contribution is 2.24. The van der Waals surface area contributed by atoms with Crippen LogP contribution in [0.2, 0.25) is 0 Å². The minimum absolute atomic E-state index is 0.00420. The quantitative estimate of drug-likeness (QED) is 0.709. The van der Waals surface area contributed by atoms with Crippen molar-refractivity contribution in [1.82, 2.24) is 5.32 Å². The van der Waals surface area contributed by atoms with Gasteiger partial charge in [0.15, 0.2) is 6.61 Å². The van der Waals surface area contributed by atoms with E-state index in [1.807, 2.05) is 32.0 Å². The van der Waals surface area contributed by atoms with Crippen LogP contribution in [0.15, 0.2) is 18.2 Å². The average molecular weight is 280 g/mol. The number of carbonyl (C=O) groups is 1. The van der Waals surface area contributed by atoms with E-state index in [-0.39, 0.29) is 18.6 Å². The van der Waals surface area contributed by atoms with Crippen molar-refractivity contribution in [3.63, 3.8) is 0 Å². The Labute approximate surface area is 120 Å². The van der Waals surface area contributed by atoms with Crippen LogP contribution >= 0.6 is 0 Å². The molecule has 1 atom stereocenters. The first kappa shape index (κ1) is 16.5. The van der Waals surface area contributed by atoms with E-state index < -0.39 is 0 Å². The van der Waals surface area contributed by atoms with Crippen LogP contribution in [-0.2, 0) is 9.53 Å². The van der Waals surface area contributed by atoms with E-state index in [0.717, 1.165) is 17.5 Å². The summed E-state index contributed by atoms with van der Waals surface area (Å²) in [5.74, 6) is 0.523. The molecule has 5 nitrogen and oxygen atoms in total. The van der Waals surface area contributed by atoms with E-state index in [9.17, 15) is 4.79 Å². The molecule has 0 heterocycles. The van der Waals surface area contributed by atoms with Crippen LogP contribution in [0, 0.1) is 6.92 Å². The summed E-state index contributed by atoms with van der Waals surface area (Å²) in [5, 5.41) is 2.77. The van der Waals surface area contributed by atoms with Gasteiger partial charge < -0.3 is 20.5 Å². The lowest BCUT2D eigenvalue weighted by Crippen LogP contribution is -2.30. The minimum Gasteiger partial charge on any atom is -0.483 e. The molecule has 0 aliphatic heterocycles. The minimum atomic E-state index is -0.141. The molecule has 112 valence electrons. The first-order valence-electron chi connectivity index (χ1n) is 6.79. The largest absolute Gasteiger partial charge is 0.483 e. The zero-order valence-corrected chi connectivity index (χ0v) is 12.4. The molecular weight excluding hydrogens is 256 g/mol. The summed E-state index contributed by atoms with van der Waals surface area (Å²) in [6.45, 7) is 5.11. The molecule has 0 saturated heterocycles. The molecule has 3 N–H and O–H groups in total. The fourth-order valence-corrected chi connectivity index (χ4v) is 1.79. The van der Waals surface area contributed by atoms with E-state index in [1.54, 1.807) is 7.11 Å². The maximum atomic E-state index is 11.6. The van der Waals surface area contributed by atoms with Gasteiger partial charge >= 0.3 is 0 Å². The third-order valence-corrected chi connectivity index (χ3v) is 2.86. The maximum Gasteiger partial charge on any atom is 0.257 e. The van der Waals surface area contributed by atoms with Gasteiger partial charge in [0.05, 0.1) is 0 Å². The number of ether oxygens (including phenoxy) is 2. The summed E-state index contributed by atoms with van der Waals surface area (Å²) >= 11 is 0. The smallest absolute Gasteiger partial charge is 0.257 e. The summed E-state index contributed by atoms with van der Waals surface area (Å²) in [6, 6.07) is 5.65. The number of benzene rings is 1. The molecule has 0 radical (unpaired) electrons.